The van der Waals surface area contributed by atoms with Crippen LogP contribution < -0.4 is 0 Å². The summed E-state index contributed by atoms with van der Waals surface area (Å²) in [5.74, 6) is 0.858. The Morgan fingerprint density at radius 1 is 0.318 bits per heavy atom. The third-order valence-electron chi connectivity index (χ3n) is 16.2. The Morgan fingerprint density at radius 3 is 0.807 bits per heavy atom. The second-order valence-electron chi connectivity index (χ2n) is 26.6. The largest absolute Gasteiger partial charge is 0.472 e. The van der Waals surface area contributed by atoms with Crippen LogP contribution >= 0.6 is 15.6 Å². The molecule has 6 atom stereocenters. The van der Waals surface area contributed by atoms with Crippen molar-refractivity contribution in [3.05, 3.63) is 0 Å². The number of unbranched alkanes of at least 4 members (excludes halogenated alkanes) is 31. The monoisotopic (exact) mass is 1300 g/mol. The molecule has 3 N–H and O–H groups in total. The van der Waals surface area contributed by atoms with Crippen LogP contribution in [-0.2, 0) is 65.4 Å². The number of aliphatic hydroxyl groups excluding tert-OH is 1. The molecule has 0 rings (SSSR count). The number of esters is 4. The van der Waals surface area contributed by atoms with Gasteiger partial charge in [-0.1, -0.05) is 287 Å². The Hall–Kier alpha value is -1.94. The summed E-state index contributed by atoms with van der Waals surface area (Å²) in [5.41, 5.74) is 0. The zero-order valence-corrected chi connectivity index (χ0v) is 59.1. The minimum atomic E-state index is -4.95. The van der Waals surface area contributed by atoms with E-state index in [2.05, 4.69) is 55.4 Å². The van der Waals surface area contributed by atoms with Crippen molar-refractivity contribution in [3.8, 4) is 0 Å². The summed E-state index contributed by atoms with van der Waals surface area (Å²) in [5, 5.41) is 10.6. The van der Waals surface area contributed by atoms with E-state index in [1.165, 1.54) is 141 Å². The van der Waals surface area contributed by atoms with Gasteiger partial charge in [-0.2, -0.15) is 0 Å². The molecule has 0 aliphatic carbocycles. The van der Waals surface area contributed by atoms with Gasteiger partial charge in [0, 0.05) is 25.7 Å². The number of carbonyl (C=O) groups is 4. The topological polar surface area (TPSA) is 237 Å². The lowest BCUT2D eigenvalue weighted by Gasteiger charge is -2.21. The van der Waals surface area contributed by atoms with Crippen LogP contribution in [0.4, 0.5) is 0 Å². The number of phosphoric acid groups is 2. The number of hydrogen-bond acceptors (Lipinski definition) is 15. The molecule has 88 heavy (non-hydrogen) atoms. The highest BCUT2D eigenvalue weighted by atomic mass is 31.2. The Bertz CT molecular complexity index is 1750. The van der Waals surface area contributed by atoms with E-state index in [9.17, 15) is 43.2 Å². The normalized spacial score (nSPS) is 14.6. The fraction of sp³-hybridized carbons (Fsp3) is 0.942. The van der Waals surface area contributed by atoms with E-state index >= 15 is 0 Å². The van der Waals surface area contributed by atoms with Crippen molar-refractivity contribution in [3.63, 3.8) is 0 Å². The van der Waals surface area contributed by atoms with Crippen molar-refractivity contribution < 1.29 is 80.2 Å². The molecule has 0 aromatic rings. The fourth-order valence-corrected chi connectivity index (χ4v) is 11.9. The van der Waals surface area contributed by atoms with Gasteiger partial charge in [0.1, 0.15) is 19.3 Å². The average Bonchev–Trinajstić information content (AvgIpc) is 3.53. The number of aliphatic hydroxyl groups is 1. The molecule has 0 saturated carbocycles. The van der Waals surface area contributed by atoms with Gasteiger partial charge in [-0.05, 0) is 49.4 Å². The molecule has 0 aromatic carbocycles. The van der Waals surface area contributed by atoms with Crippen LogP contribution in [0.2, 0.25) is 0 Å². The summed E-state index contributed by atoms with van der Waals surface area (Å²) < 4.78 is 68.2. The molecule has 19 heteroatoms. The van der Waals surface area contributed by atoms with Gasteiger partial charge in [0.15, 0.2) is 12.2 Å². The Kier molecular flexibility index (Phi) is 57.6. The molecule has 0 spiro atoms. The van der Waals surface area contributed by atoms with E-state index in [0.717, 1.165) is 114 Å². The van der Waals surface area contributed by atoms with E-state index in [0.29, 0.717) is 25.7 Å². The molecule has 0 saturated heterocycles. The van der Waals surface area contributed by atoms with Gasteiger partial charge in [0.05, 0.1) is 26.4 Å². The van der Waals surface area contributed by atoms with Crippen molar-refractivity contribution in [2.75, 3.05) is 39.6 Å². The maximum absolute atomic E-state index is 13.0. The first-order valence-corrected chi connectivity index (χ1v) is 38.7. The smallest absolute Gasteiger partial charge is 0.462 e. The summed E-state index contributed by atoms with van der Waals surface area (Å²) in [6.45, 7) is 14.1. The lowest BCUT2D eigenvalue weighted by Crippen LogP contribution is -2.30. The maximum Gasteiger partial charge on any atom is 0.472 e. The summed E-state index contributed by atoms with van der Waals surface area (Å²) in [4.78, 5) is 72.5. The molecule has 522 valence electrons. The summed E-state index contributed by atoms with van der Waals surface area (Å²) in [7, 11) is -9.90. The number of phosphoric ester groups is 2. The lowest BCUT2D eigenvalue weighted by molar-refractivity contribution is -0.161. The quantitative estimate of drug-likeness (QED) is 0.0222. The fourth-order valence-electron chi connectivity index (χ4n) is 10.3. The molecule has 17 nitrogen and oxygen atoms in total. The molecule has 0 fully saturated rings. The maximum atomic E-state index is 13.0. The van der Waals surface area contributed by atoms with Crippen molar-refractivity contribution in [1.82, 2.24) is 0 Å². The van der Waals surface area contributed by atoms with E-state index in [4.69, 9.17) is 37.0 Å². The Balaban J connectivity index is 5.26. The van der Waals surface area contributed by atoms with Crippen molar-refractivity contribution >= 4 is 39.5 Å². The second-order valence-corrected chi connectivity index (χ2v) is 29.5. The third-order valence-corrected chi connectivity index (χ3v) is 18.1. The SMILES string of the molecule is CCC(C)CCCCCCCCCCCCC(=O)OC[C@H](COP(=O)(O)OCC(O)COP(=O)(O)OC[C@@H](COC(=O)CCCCCCCCCCC(C)C)OC(=O)CCCCCCCCCCC(C)C)OC(=O)CCCCCCCCCCCC(C)C. The number of carbonyl (C=O) groups excluding carboxylic acids is 4. The highest BCUT2D eigenvalue weighted by Crippen LogP contribution is 2.45. The lowest BCUT2D eigenvalue weighted by atomic mass is 9.99. The van der Waals surface area contributed by atoms with Crippen molar-refractivity contribution in [1.29, 1.82) is 0 Å². The molecule has 4 unspecified atom stereocenters. The Morgan fingerprint density at radius 2 is 0.545 bits per heavy atom. The van der Waals surface area contributed by atoms with Crippen molar-refractivity contribution in [2.45, 2.75) is 356 Å². The van der Waals surface area contributed by atoms with Gasteiger partial charge in [-0.15, -0.1) is 0 Å². The average molecular weight is 1300 g/mol. The van der Waals surface area contributed by atoms with E-state index in [1.54, 1.807) is 0 Å². The number of hydrogen-bond donors (Lipinski definition) is 3. The zero-order valence-electron chi connectivity index (χ0n) is 57.3. The molecular weight excluding hydrogens is 1160 g/mol. The second kappa shape index (κ2) is 58.8. The first kappa shape index (κ1) is 86.1. The predicted octanol–water partition coefficient (Wildman–Crippen LogP) is 19.3. The number of ether oxygens (including phenoxy) is 4. The number of rotatable bonds is 66. The van der Waals surface area contributed by atoms with E-state index in [1.807, 2.05) is 0 Å². The van der Waals surface area contributed by atoms with E-state index < -0.39 is 97.5 Å². The van der Waals surface area contributed by atoms with Gasteiger partial charge in [-0.3, -0.25) is 37.3 Å². The van der Waals surface area contributed by atoms with Crippen LogP contribution in [0, 0.1) is 23.7 Å². The predicted molar refractivity (Wildman–Crippen MR) is 354 cm³/mol. The molecule has 0 radical (unpaired) electrons. The summed E-state index contributed by atoms with van der Waals surface area (Å²) in [6, 6.07) is 0. The van der Waals surface area contributed by atoms with Crippen LogP contribution in [0.1, 0.15) is 338 Å². The standard InChI is InChI=1S/C69H134O17P2/c1-9-62(8)48-40-32-24-14-10-11-15-25-33-41-49-66(71)79-55-64(85-68(73)51-43-35-27-16-12-13-21-29-37-45-59(2)3)57-83-87(75,76)81-53-63(70)54-82-88(77,78)84-58-65(86-69(74)52-44-36-28-20-18-23-31-39-47-61(6)7)56-80-67(72)50-42-34-26-19-17-22-30-38-46-60(4)5/h59-65,70H,9-58H2,1-8H3,(H,75,76)(H,77,78)/t62?,63?,64-,65-/m1/s1. The van der Waals surface area contributed by atoms with Crippen LogP contribution in [0.15, 0.2) is 0 Å². The first-order valence-electron chi connectivity index (χ1n) is 35.7. The summed E-state index contributed by atoms with van der Waals surface area (Å²) in [6.07, 6.45) is 40.3. The summed E-state index contributed by atoms with van der Waals surface area (Å²) >= 11 is 0. The molecule has 0 aromatic heterocycles. The molecule has 0 amide bonds. The molecule has 0 aliphatic heterocycles. The van der Waals surface area contributed by atoms with Gasteiger partial charge in [0.25, 0.3) is 0 Å². The van der Waals surface area contributed by atoms with Crippen LogP contribution in [-0.4, -0.2) is 96.7 Å². The molecular formula is C69H134O17P2. The zero-order chi connectivity index (χ0) is 65.4. The molecule has 0 aliphatic rings. The minimum Gasteiger partial charge on any atom is -0.462 e. The first-order chi connectivity index (χ1) is 42.1. The van der Waals surface area contributed by atoms with Gasteiger partial charge in [0.2, 0.25) is 0 Å². The van der Waals surface area contributed by atoms with Crippen LogP contribution in [0.5, 0.6) is 0 Å². The van der Waals surface area contributed by atoms with Crippen LogP contribution in [0.25, 0.3) is 0 Å². The highest BCUT2D eigenvalue weighted by molar-refractivity contribution is 7.47. The molecule has 0 heterocycles. The van der Waals surface area contributed by atoms with Crippen molar-refractivity contribution in [2.24, 2.45) is 23.7 Å². The van der Waals surface area contributed by atoms with Gasteiger partial charge in [-0.25, -0.2) is 9.13 Å². The van der Waals surface area contributed by atoms with E-state index in [-0.39, 0.29) is 25.7 Å². The Labute approximate surface area is 537 Å². The van der Waals surface area contributed by atoms with Gasteiger partial charge < -0.3 is 33.8 Å². The van der Waals surface area contributed by atoms with Gasteiger partial charge >= 0.3 is 39.5 Å². The highest BCUT2D eigenvalue weighted by Gasteiger charge is 2.30. The third kappa shape index (κ3) is 61.6. The molecule has 0 bridgehead atoms. The van der Waals surface area contributed by atoms with Crippen LogP contribution in [0.3, 0.4) is 0 Å². The minimum absolute atomic E-state index is 0.103.